The van der Waals surface area contributed by atoms with Gasteiger partial charge in [0.2, 0.25) is 0 Å². The van der Waals surface area contributed by atoms with Crippen molar-refractivity contribution in [3.05, 3.63) is 34.9 Å². The van der Waals surface area contributed by atoms with E-state index in [1.54, 1.807) is 0 Å². The molecule has 2 N–H and O–H groups in total. The van der Waals surface area contributed by atoms with Crippen LogP contribution in [-0.4, -0.2) is 6.54 Å². The van der Waals surface area contributed by atoms with Crippen molar-refractivity contribution in [3.8, 4) is 0 Å². The number of benzene rings is 1. The summed E-state index contributed by atoms with van der Waals surface area (Å²) >= 11 is 0. The summed E-state index contributed by atoms with van der Waals surface area (Å²) < 4.78 is 0. The Hall–Kier alpha value is -0.820. The molecule has 0 radical (unpaired) electrons. The highest BCUT2D eigenvalue weighted by atomic mass is 14.6. The molecule has 17 heavy (non-hydrogen) atoms. The zero-order valence-electron chi connectivity index (χ0n) is 11.8. The van der Waals surface area contributed by atoms with Crippen LogP contribution in [-0.2, 0) is 5.41 Å². The lowest BCUT2D eigenvalue weighted by Crippen LogP contribution is -2.35. The molecule has 0 aliphatic rings. The molecule has 0 fully saturated rings. The van der Waals surface area contributed by atoms with E-state index in [0.29, 0.717) is 0 Å². The van der Waals surface area contributed by atoms with Crippen LogP contribution in [0, 0.1) is 13.8 Å². The van der Waals surface area contributed by atoms with Gasteiger partial charge in [0.1, 0.15) is 0 Å². The first-order valence-electron chi connectivity index (χ1n) is 6.87. The van der Waals surface area contributed by atoms with Gasteiger partial charge < -0.3 is 5.73 Å². The fourth-order valence-corrected chi connectivity index (χ4v) is 2.76. The van der Waals surface area contributed by atoms with Gasteiger partial charge in [0.25, 0.3) is 0 Å². The van der Waals surface area contributed by atoms with E-state index in [1.807, 2.05) is 0 Å². The summed E-state index contributed by atoms with van der Waals surface area (Å²) in [6.07, 6.45) is 4.79. The largest absolute Gasteiger partial charge is 0.330 e. The Morgan fingerprint density at radius 3 is 2.00 bits per heavy atom. The van der Waals surface area contributed by atoms with Crippen molar-refractivity contribution in [2.45, 2.75) is 58.8 Å². The Morgan fingerprint density at radius 2 is 1.59 bits per heavy atom. The van der Waals surface area contributed by atoms with Gasteiger partial charge in [0.15, 0.2) is 0 Å². The molecular weight excluding hydrogens is 206 g/mol. The number of rotatable bonds is 6. The third-order valence-corrected chi connectivity index (χ3v) is 3.97. The van der Waals surface area contributed by atoms with Gasteiger partial charge in [0, 0.05) is 12.0 Å². The zero-order valence-corrected chi connectivity index (χ0v) is 11.8. The summed E-state index contributed by atoms with van der Waals surface area (Å²) in [5, 5.41) is 0. The van der Waals surface area contributed by atoms with Crippen LogP contribution in [0.1, 0.15) is 56.2 Å². The predicted molar refractivity (Wildman–Crippen MR) is 76.5 cm³/mol. The minimum atomic E-state index is 0.196. The highest BCUT2D eigenvalue weighted by Crippen LogP contribution is 2.34. The number of hydrogen-bond acceptors (Lipinski definition) is 1. The van der Waals surface area contributed by atoms with Crippen molar-refractivity contribution in [2.75, 3.05) is 6.54 Å². The molecule has 0 bridgehead atoms. The zero-order chi connectivity index (χ0) is 12.9. The Bertz CT molecular complexity index is 349. The fourth-order valence-electron chi connectivity index (χ4n) is 2.76. The van der Waals surface area contributed by atoms with E-state index in [9.17, 15) is 0 Å². The first-order valence-corrected chi connectivity index (χ1v) is 6.87. The summed E-state index contributed by atoms with van der Waals surface area (Å²) in [5.74, 6) is 0. The van der Waals surface area contributed by atoms with E-state index in [0.717, 1.165) is 6.54 Å². The Kier molecular flexibility index (Phi) is 5.20. The van der Waals surface area contributed by atoms with Crippen molar-refractivity contribution < 1.29 is 0 Å². The lowest BCUT2D eigenvalue weighted by molar-refractivity contribution is 0.365. The fraction of sp³-hybridized carbons (Fsp3) is 0.625. The summed E-state index contributed by atoms with van der Waals surface area (Å²) in [7, 11) is 0. The summed E-state index contributed by atoms with van der Waals surface area (Å²) in [6, 6.07) is 6.86. The first-order chi connectivity index (χ1) is 8.09. The van der Waals surface area contributed by atoms with E-state index >= 15 is 0 Å². The van der Waals surface area contributed by atoms with Crippen molar-refractivity contribution in [1.29, 1.82) is 0 Å². The highest BCUT2D eigenvalue weighted by molar-refractivity contribution is 5.35. The molecule has 0 heterocycles. The average molecular weight is 233 g/mol. The number of nitrogens with two attached hydrogens (primary N) is 1. The molecule has 96 valence electrons. The van der Waals surface area contributed by atoms with Crippen LogP contribution in [0.5, 0.6) is 0 Å². The van der Waals surface area contributed by atoms with Gasteiger partial charge in [0.05, 0.1) is 0 Å². The van der Waals surface area contributed by atoms with Gasteiger partial charge in [-0.05, 0) is 43.4 Å². The van der Waals surface area contributed by atoms with Gasteiger partial charge in [-0.2, -0.15) is 0 Å². The summed E-state index contributed by atoms with van der Waals surface area (Å²) in [4.78, 5) is 0. The molecule has 0 aromatic heterocycles. The van der Waals surface area contributed by atoms with Gasteiger partial charge in [-0.1, -0.05) is 44.9 Å². The third-order valence-electron chi connectivity index (χ3n) is 3.97. The molecule has 1 rings (SSSR count). The second kappa shape index (κ2) is 6.20. The maximum absolute atomic E-state index is 6.10. The monoisotopic (exact) mass is 233 g/mol. The summed E-state index contributed by atoms with van der Waals surface area (Å²) in [6.45, 7) is 9.63. The third kappa shape index (κ3) is 3.10. The van der Waals surface area contributed by atoms with Crippen LogP contribution in [0.25, 0.3) is 0 Å². The molecular formula is C16H27N. The molecule has 1 nitrogen and oxygen atoms in total. The molecule has 0 spiro atoms. The summed E-state index contributed by atoms with van der Waals surface area (Å²) in [5.41, 5.74) is 10.5. The van der Waals surface area contributed by atoms with Crippen LogP contribution in [0.2, 0.25) is 0 Å². The molecule has 0 saturated heterocycles. The smallest absolute Gasteiger partial charge is 0.00754 e. The molecule has 0 amide bonds. The SMILES string of the molecule is CCCC(CN)(CCC)c1ccc(C)c(C)c1. The standard InChI is InChI=1S/C16H27N/c1-5-9-16(12-17,10-6-2)15-8-7-13(3)14(4)11-15/h7-8,11H,5-6,9-10,12,17H2,1-4H3. The maximum Gasteiger partial charge on any atom is 0.00754 e. The minimum Gasteiger partial charge on any atom is -0.330 e. The second-order valence-electron chi connectivity index (χ2n) is 5.28. The van der Waals surface area contributed by atoms with Crippen LogP contribution >= 0.6 is 0 Å². The first kappa shape index (κ1) is 14.2. The second-order valence-corrected chi connectivity index (χ2v) is 5.28. The quantitative estimate of drug-likeness (QED) is 0.786. The van der Waals surface area contributed by atoms with Gasteiger partial charge in [-0.3, -0.25) is 0 Å². The Morgan fingerprint density at radius 1 is 1.00 bits per heavy atom. The normalized spacial score (nSPS) is 11.8. The van der Waals surface area contributed by atoms with E-state index in [4.69, 9.17) is 5.73 Å². The number of aryl methyl sites for hydroxylation is 2. The van der Waals surface area contributed by atoms with Gasteiger partial charge in [-0.25, -0.2) is 0 Å². The van der Waals surface area contributed by atoms with Crippen LogP contribution in [0.4, 0.5) is 0 Å². The van der Waals surface area contributed by atoms with Crippen molar-refractivity contribution in [1.82, 2.24) is 0 Å². The molecule has 1 aromatic carbocycles. The molecule has 0 unspecified atom stereocenters. The van der Waals surface area contributed by atoms with Gasteiger partial charge in [-0.15, -0.1) is 0 Å². The molecule has 1 aromatic rings. The van der Waals surface area contributed by atoms with Crippen LogP contribution < -0.4 is 5.73 Å². The number of hydrogen-bond donors (Lipinski definition) is 1. The molecule has 0 aliphatic carbocycles. The van der Waals surface area contributed by atoms with Crippen molar-refractivity contribution in [2.24, 2.45) is 5.73 Å². The Balaban J connectivity index is 3.14. The van der Waals surface area contributed by atoms with Crippen molar-refractivity contribution in [3.63, 3.8) is 0 Å². The van der Waals surface area contributed by atoms with E-state index < -0.39 is 0 Å². The lowest BCUT2D eigenvalue weighted by Gasteiger charge is -2.33. The highest BCUT2D eigenvalue weighted by Gasteiger charge is 2.28. The predicted octanol–water partition coefficient (Wildman–Crippen LogP) is 4.10. The van der Waals surface area contributed by atoms with E-state index in [2.05, 4.69) is 45.9 Å². The van der Waals surface area contributed by atoms with E-state index in [1.165, 1.54) is 42.4 Å². The Labute approximate surface area is 106 Å². The van der Waals surface area contributed by atoms with Gasteiger partial charge >= 0.3 is 0 Å². The van der Waals surface area contributed by atoms with Crippen LogP contribution in [0.15, 0.2) is 18.2 Å². The topological polar surface area (TPSA) is 26.0 Å². The molecule has 1 heteroatoms. The minimum absolute atomic E-state index is 0.196. The van der Waals surface area contributed by atoms with Crippen LogP contribution in [0.3, 0.4) is 0 Å². The maximum atomic E-state index is 6.10. The molecule has 0 atom stereocenters. The molecule has 0 aliphatic heterocycles. The van der Waals surface area contributed by atoms with Crippen molar-refractivity contribution >= 4 is 0 Å². The lowest BCUT2D eigenvalue weighted by atomic mass is 9.73. The molecule has 0 saturated carbocycles. The van der Waals surface area contributed by atoms with E-state index in [-0.39, 0.29) is 5.41 Å². The average Bonchev–Trinajstić information content (AvgIpc) is 2.32.